The number of anilines is 2. The Labute approximate surface area is 153 Å². The van der Waals surface area contributed by atoms with Crippen molar-refractivity contribution in [2.24, 2.45) is 5.73 Å². The van der Waals surface area contributed by atoms with Crippen molar-refractivity contribution in [3.8, 4) is 0 Å². The van der Waals surface area contributed by atoms with Crippen molar-refractivity contribution in [1.29, 1.82) is 0 Å². The first-order valence-electron chi connectivity index (χ1n) is 9.46. The van der Waals surface area contributed by atoms with E-state index < -0.39 is 5.91 Å². The zero-order chi connectivity index (χ0) is 18.5. The van der Waals surface area contributed by atoms with Gasteiger partial charge in [0.25, 0.3) is 5.91 Å². The standard InChI is InChI=1S/C18H29N5O3/c1-26-14-7-5-11(6-8-14)22-18-20-10-15(16(19)25)17(23-18)21-12-3-2-4-13(24)9-12/h10-14,24H,2-9H2,1H3,(H2,19,25)(H2,20,21,22,23)/t11?,12-,13+,14?/m0/s1. The molecule has 1 aromatic rings. The van der Waals surface area contributed by atoms with Crippen LogP contribution >= 0.6 is 0 Å². The summed E-state index contributed by atoms with van der Waals surface area (Å²) in [5.41, 5.74) is 5.75. The molecule has 2 fully saturated rings. The molecule has 0 unspecified atom stereocenters. The number of amides is 1. The van der Waals surface area contributed by atoms with Crippen molar-refractivity contribution in [1.82, 2.24) is 9.97 Å². The molecule has 1 amide bonds. The second-order valence-electron chi connectivity index (χ2n) is 7.34. The maximum atomic E-state index is 11.7. The summed E-state index contributed by atoms with van der Waals surface area (Å²) in [5, 5.41) is 16.5. The van der Waals surface area contributed by atoms with Crippen LogP contribution in [0.2, 0.25) is 0 Å². The van der Waals surface area contributed by atoms with Gasteiger partial charge in [-0.1, -0.05) is 0 Å². The minimum atomic E-state index is -0.559. The molecule has 144 valence electrons. The van der Waals surface area contributed by atoms with Crippen LogP contribution in [0.1, 0.15) is 61.7 Å². The second-order valence-corrected chi connectivity index (χ2v) is 7.34. The summed E-state index contributed by atoms with van der Waals surface area (Å²) >= 11 is 0. The van der Waals surface area contributed by atoms with Crippen LogP contribution in [0.4, 0.5) is 11.8 Å². The first-order chi connectivity index (χ1) is 12.5. The van der Waals surface area contributed by atoms with Gasteiger partial charge in [-0.05, 0) is 51.4 Å². The molecular weight excluding hydrogens is 334 g/mol. The fraction of sp³-hybridized carbons (Fsp3) is 0.722. The highest BCUT2D eigenvalue weighted by Crippen LogP contribution is 2.25. The average molecular weight is 363 g/mol. The number of nitrogens with one attached hydrogen (secondary N) is 2. The number of ether oxygens (including phenoxy) is 1. The van der Waals surface area contributed by atoms with E-state index in [1.54, 1.807) is 7.11 Å². The van der Waals surface area contributed by atoms with Crippen LogP contribution in [0.25, 0.3) is 0 Å². The van der Waals surface area contributed by atoms with E-state index in [1.165, 1.54) is 6.20 Å². The van der Waals surface area contributed by atoms with E-state index in [9.17, 15) is 9.90 Å². The number of hydrogen-bond acceptors (Lipinski definition) is 7. The van der Waals surface area contributed by atoms with Crippen LogP contribution in [0.15, 0.2) is 6.20 Å². The van der Waals surface area contributed by atoms with Crippen LogP contribution in [0.5, 0.6) is 0 Å². The molecule has 8 nitrogen and oxygen atoms in total. The van der Waals surface area contributed by atoms with E-state index in [0.29, 0.717) is 30.3 Å². The van der Waals surface area contributed by atoms with Gasteiger partial charge in [0, 0.05) is 25.4 Å². The Hall–Kier alpha value is -1.93. The lowest BCUT2D eigenvalue weighted by Gasteiger charge is -2.29. The highest BCUT2D eigenvalue weighted by atomic mass is 16.5. The van der Waals surface area contributed by atoms with E-state index in [0.717, 1.165) is 44.9 Å². The van der Waals surface area contributed by atoms with Crippen molar-refractivity contribution < 1.29 is 14.6 Å². The Bertz CT molecular complexity index is 619. The zero-order valence-corrected chi connectivity index (χ0v) is 15.3. The molecule has 8 heteroatoms. The summed E-state index contributed by atoms with van der Waals surface area (Å²) in [6.45, 7) is 0. The van der Waals surface area contributed by atoms with Gasteiger partial charge in [-0.25, -0.2) is 4.98 Å². The van der Waals surface area contributed by atoms with Crippen LogP contribution in [-0.2, 0) is 4.74 Å². The van der Waals surface area contributed by atoms with E-state index >= 15 is 0 Å². The first-order valence-corrected chi connectivity index (χ1v) is 9.46. The minimum Gasteiger partial charge on any atom is -0.393 e. The number of nitrogens with two attached hydrogens (primary N) is 1. The fourth-order valence-corrected chi connectivity index (χ4v) is 3.86. The largest absolute Gasteiger partial charge is 0.393 e. The normalized spacial score (nSPS) is 29.2. The summed E-state index contributed by atoms with van der Waals surface area (Å²) in [7, 11) is 1.75. The number of aliphatic hydroxyl groups excluding tert-OH is 1. The number of hydrogen-bond donors (Lipinski definition) is 4. The molecule has 1 aromatic heterocycles. The van der Waals surface area contributed by atoms with Crippen molar-refractivity contribution in [3.05, 3.63) is 11.8 Å². The van der Waals surface area contributed by atoms with Crippen LogP contribution in [-0.4, -0.2) is 52.4 Å². The molecule has 0 aliphatic heterocycles. The summed E-state index contributed by atoms with van der Waals surface area (Å²) in [5.74, 6) is 0.380. The first kappa shape index (κ1) is 18.8. The molecule has 26 heavy (non-hydrogen) atoms. The maximum absolute atomic E-state index is 11.7. The van der Waals surface area contributed by atoms with Gasteiger partial charge in [-0.2, -0.15) is 4.98 Å². The molecule has 2 aliphatic rings. The predicted molar refractivity (Wildman–Crippen MR) is 99.1 cm³/mol. The number of rotatable bonds is 6. The smallest absolute Gasteiger partial charge is 0.254 e. The van der Waals surface area contributed by atoms with Crippen molar-refractivity contribution in [2.45, 2.75) is 75.7 Å². The minimum absolute atomic E-state index is 0.0803. The molecule has 3 rings (SSSR count). The molecule has 2 atom stereocenters. The molecule has 0 radical (unpaired) electrons. The topological polar surface area (TPSA) is 122 Å². The number of aromatic nitrogens is 2. The molecule has 0 bridgehead atoms. The molecule has 0 aromatic carbocycles. The van der Waals surface area contributed by atoms with Crippen LogP contribution in [0.3, 0.4) is 0 Å². The maximum Gasteiger partial charge on any atom is 0.254 e. The van der Waals surface area contributed by atoms with Gasteiger partial charge in [0.15, 0.2) is 0 Å². The summed E-state index contributed by atoms with van der Waals surface area (Å²) in [6, 6.07) is 0.377. The van der Waals surface area contributed by atoms with Gasteiger partial charge in [0.2, 0.25) is 5.95 Å². The van der Waals surface area contributed by atoms with Gasteiger partial charge >= 0.3 is 0 Å². The van der Waals surface area contributed by atoms with Gasteiger partial charge < -0.3 is 26.2 Å². The SMILES string of the molecule is COC1CCC(Nc2ncc(C(N)=O)c(N[C@H]3CCC[C@@H](O)C3)n2)CC1. The van der Waals surface area contributed by atoms with Gasteiger partial charge in [-0.15, -0.1) is 0 Å². The predicted octanol–water partition coefficient (Wildman–Crippen LogP) is 1.66. The Balaban J connectivity index is 1.68. The Kier molecular flexibility index (Phi) is 6.26. The van der Waals surface area contributed by atoms with Gasteiger partial charge in [0.05, 0.1) is 17.8 Å². The number of carbonyl (C=O) groups is 1. The Morgan fingerprint density at radius 2 is 1.96 bits per heavy atom. The molecule has 2 saturated carbocycles. The molecular formula is C18H29N5O3. The molecule has 1 heterocycles. The summed E-state index contributed by atoms with van der Waals surface area (Å²) in [4.78, 5) is 20.5. The zero-order valence-electron chi connectivity index (χ0n) is 15.3. The third-order valence-electron chi connectivity index (χ3n) is 5.38. The second kappa shape index (κ2) is 8.64. The Morgan fingerprint density at radius 3 is 2.62 bits per heavy atom. The highest BCUT2D eigenvalue weighted by molar-refractivity contribution is 5.97. The van der Waals surface area contributed by atoms with Crippen molar-refractivity contribution in [3.63, 3.8) is 0 Å². The number of primary amides is 1. The van der Waals surface area contributed by atoms with Crippen molar-refractivity contribution in [2.75, 3.05) is 17.7 Å². The monoisotopic (exact) mass is 363 g/mol. The lowest BCUT2D eigenvalue weighted by atomic mass is 9.93. The molecule has 0 spiro atoms. The number of nitrogens with zero attached hydrogens (tertiary/aromatic N) is 2. The van der Waals surface area contributed by atoms with Crippen LogP contribution in [0, 0.1) is 0 Å². The fourth-order valence-electron chi connectivity index (χ4n) is 3.86. The van der Waals surface area contributed by atoms with Crippen LogP contribution < -0.4 is 16.4 Å². The van der Waals surface area contributed by atoms with Gasteiger partial charge in [0.1, 0.15) is 5.82 Å². The lowest BCUT2D eigenvalue weighted by Crippen LogP contribution is -2.32. The van der Waals surface area contributed by atoms with E-state index in [2.05, 4.69) is 20.6 Å². The van der Waals surface area contributed by atoms with Gasteiger partial charge in [-0.3, -0.25) is 4.79 Å². The van der Waals surface area contributed by atoms with E-state index in [4.69, 9.17) is 10.5 Å². The van der Waals surface area contributed by atoms with E-state index in [1.807, 2.05) is 0 Å². The third kappa shape index (κ3) is 4.82. The molecule has 2 aliphatic carbocycles. The van der Waals surface area contributed by atoms with Crippen molar-refractivity contribution >= 4 is 17.7 Å². The third-order valence-corrected chi connectivity index (χ3v) is 5.38. The summed E-state index contributed by atoms with van der Waals surface area (Å²) in [6.07, 6.45) is 8.86. The molecule has 0 saturated heterocycles. The average Bonchev–Trinajstić information content (AvgIpc) is 2.62. The highest BCUT2D eigenvalue weighted by Gasteiger charge is 2.24. The lowest BCUT2D eigenvalue weighted by molar-refractivity contribution is 0.0681. The number of carbonyl (C=O) groups excluding carboxylic acids is 1. The number of aliphatic hydroxyl groups is 1. The quantitative estimate of drug-likeness (QED) is 0.606. The number of methoxy groups -OCH3 is 1. The van der Waals surface area contributed by atoms with E-state index in [-0.39, 0.29) is 17.7 Å². The Morgan fingerprint density at radius 1 is 1.19 bits per heavy atom. The molecule has 5 N–H and O–H groups in total. The summed E-state index contributed by atoms with van der Waals surface area (Å²) < 4.78 is 5.40.